The van der Waals surface area contributed by atoms with Crippen LogP contribution in [0.15, 0.2) is 44.0 Å². The molecule has 0 aliphatic heterocycles. The number of fused-ring (bicyclic) bond motifs is 1. The van der Waals surface area contributed by atoms with Gasteiger partial charge in [0.05, 0.1) is 11.6 Å². The highest BCUT2D eigenvalue weighted by Gasteiger charge is 2.12. The van der Waals surface area contributed by atoms with Crippen molar-refractivity contribution in [1.82, 2.24) is 4.57 Å². The summed E-state index contributed by atoms with van der Waals surface area (Å²) in [5, 5.41) is 3.35. The minimum Gasteiger partial charge on any atom is -0.464 e. The van der Waals surface area contributed by atoms with Crippen molar-refractivity contribution in [3.63, 3.8) is 0 Å². The van der Waals surface area contributed by atoms with E-state index in [-0.39, 0.29) is 11.8 Å². The van der Waals surface area contributed by atoms with E-state index in [2.05, 4.69) is 12.2 Å². The molecule has 3 aromatic rings. The monoisotopic (exact) mass is 286 g/mol. The summed E-state index contributed by atoms with van der Waals surface area (Å²) >= 11 is 0. The van der Waals surface area contributed by atoms with Gasteiger partial charge in [-0.05, 0) is 31.2 Å². The Hall–Kier alpha value is -2.43. The van der Waals surface area contributed by atoms with E-state index in [9.17, 15) is 4.79 Å². The molecule has 110 valence electrons. The molecule has 0 amide bonds. The van der Waals surface area contributed by atoms with Crippen molar-refractivity contribution in [2.45, 2.75) is 26.3 Å². The van der Waals surface area contributed by atoms with Crippen LogP contribution in [-0.2, 0) is 13.5 Å². The number of nitrogens with zero attached hydrogens (tertiary/aromatic N) is 1. The standard InChI is InChI=1S/C16H18N2O3/c1-4-12-6-8-14(20-12)10(2)17-11-5-7-13-15(9-11)21-16(19)18(13)3/h5-10,17H,4H2,1-3H3/t10-/m0/s1. The fourth-order valence-corrected chi connectivity index (χ4v) is 2.36. The van der Waals surface area contributed by atoms with Gasteiger partial charge < -0.3 is 14.2 Å². The molecule has 0 saturated heterocycles. The van der Waals surface area contributed by atoms with Gasteiger partial charge in [0.25, 0.3) is 0 Å². The van der Waals surface area contributed by atoms with Crippen LogP contribution in [0, 0.1) is 0 Å². The summed E-state index contributed by atoms with van der Waals surface area (Å²) in [4.78, 5) is 11.5. The predicted molar refractivity (Wildman–Crippen MR) is 81.6 cm³/mol. The first kappa shape index (κ1) is 13.5. The first-order valence-electron chi connectivity index (χ1n) is 7.03. The number of rotatable bonds is 4. The third-order valence-electron chi connectivity index (χ3n) is 3.63. The number of benzene rings is 1. The van der Waals surface area contributed by atoms with Crippen molar-refractivity contribution in [2.24, 2.45) is 7.05 Å². The van der Waals surface area contributed by atoms with Crippen molar-refractivity contribution in [3.8, 4) is 0 Å². The van der Waals surface area contributed by atoms with Gasteiger partial charge in [-0.1, -0.05) is 6.92 Å². The fraction of sp³-hybridized carbons (Fsp3) is 0.312. The molecule has 1 atom stereocenters. The second-order valence-electron chi connectivity index (χ2n) is 5.13. The van der Waals surface area contributed by atoms with Gasteiger partial charge in [-0.2, -0.15) is 0 Å². The largest absolute Gasteiger partial charge is 0.464 e. The molecule has 5 nitrogen and oxygen atoms in total. The summed E-state index contributed by atoms with van der Waals surface area (Å²) in [5.41, 5.74) is 2.25. The number of furan rings is 1. The number of oxazole rings is 1. The Labute approximate surface area is 122 Å². The Morgan fingerprint density at radius 3 is 2.76 bits per heavy atom. The van der Waals surface area contributed by atoms with Crippen LogP contribution in [0.5, 0.6) is 0 Å². The van der Waals surface area contributed by atoms with Gasteiger partial charge >= 0.3 is 5.76 Å². The Kier molecular flexibility index (Phi) is 3.33. The van der Waals surface area contributed by atoms with Gasteiger partial charge in [-0.25, -0.2) is 4.79 Å². The van der Waals surface area contributed by atoms with Crippen LogP contribution in [0.2, 0.25) is 0 Å². The predicted octanol–water partition coefficient (Wildman–Crippen LogP) is 3.46. The number of nitrogens with one attached hydrogen (secondary N) is 1. The second-order valence-corrected chi connectivity index (χ2v) is 5.13. The SMILES string of the molecule is CCc1ccc([C@H](C)Nc2ccc3c(c2)oc(=O)n3C)o1. The van der Waals surface area contributed by atoms with Crippen molar-refractivity contribution >= 4 is 16.8 Å². The van der Waals surface area contributed by atoms with E-state index in [0.717, 1.165) is 29.1 Å². The summed E-state index contributed by atoms with van der Waals surface area (Å²) in [6.07, 6.45) is 0.883. The first-order valence-corrected chi connectivity index (χ1v) is 7.03. The smallest absolute Gasteiger partial charge is 0.419 e. The zero-order valence-electron chi connectivity index (χ0n) is 12.3. The average molecular weight is 286 g/mol. The summed E-state index contributed by atoms with van der Waals surface area (Å²) in [6.45, 7) is 4.09. The highest BCUT2D eigenvalue weighted by molar-refractivity contribution is 5.77. The Balaban J connectivity index is 1.85. The normalized spacial score (nSPS) is 12.7. The maximum absolute atomic E-state index is 11.5. The van der Waals surface area contributed by atoms with Crippen LogP contribution in [0.4, 0.5) is 5.69 Å². The molecule has 1 aromatic carbocycles. The molecule has 0 aliphatic rings. The molecule has 3 rings (SSSR count). The van der Waals surface area contributed by atoms with Crippen LogP contribution in [0.1, 0.15) is 31.4 Å². The Morgan fingerprint density at radius 1 is 1.24 bits per heavy atom. The molecule has 21 heavy (non-hydrogen) atoms. The number of aromatic nitrogens is 1. The van der Waals surface area contributed by atoms with Gasteiger partial charge in [0.2, 0.25) is 0 Å². The van der Waals surface area contributed by atoms with E-state index < -0.39 is 0 Å². The first-order chi connectivity index (χ1) is 10.1. The third kappa shape index (κ3) is 2.46. The molecule has 0 unspecified atom stereocenters. The maximum atomic E-state index is 11.5. The van der Waals surface area contributed by atoms with E-state index >= 15 is 0 Å². The number of hydrogen-bond acceptors (Lipinski definition) is 4. The molecule has 0 spiro atoms. The van der Waals surface area contributed by atoms with Gasteiger partial charge in [0.15, 0.2) is 5.58 Å². The van der Waals surface area contributed by atoms with E-state index in [1.54, 1.807) is 7.05 Å². The molecule has 0 bridgehead atoms. The number of aryl methyl sites for hydroxylation is 2. The molecule has 2 aromatic heterocycles. The van der Waals surface area contributed by atoms with Crippen molar-refractivity contribution in [2.75, 3.05) is 5.32 Å². The van der Waals surface area contributed by atoms with Crippen LogP contribution in [0.25, 0.3) is 11.1 Å². The number of anilines is 1. The van der Waals surface area contributed by atoms with Crippen LogP contribution < -0.4 is 11.1 Å². The molecule has 0 radical (unpaired) electrons. The van der Waals surface area contributed by atoms with Gasteiger partial charge in [-0.3, -0.25) is 4.57 Å². The van der Waals surface area contributed by atoms with E-state index in [1.807, 2.05) is 37.3 Å². The van der Waals surface area contributed by atoms with Crippen LogP contribution in [-0.4, -0.2) is 4.57 Å². The van der Waals surface area contributed by atoms with Gasteiger partial charge in [0.1, 0.15) is 11.5 Å². The summed E-state index contributed by atoms with van der Waals surface area (Å²) in [6, 6.07) is 9.65. The van der Waals surface area contributed by atoms with Gasteiger partial charge in [-0.15, -0.1) is 0 Å². The van der Waals surface area contributed by atoms with Gasteiger partial charge in [0, 0.05) is 25.2 Å². The van der Waals surface area contributed by atoms with E-state index in [0.29, 0.717) is 5.58 Å². The molecular formula is C16H18N2O3. The Morgan fingerprint density at radius 2 is 2.05 bits per heavy atom. The van der Waals surface area contributed by atoms with E-state index in [1.165, 1.54) is 4.57 Å². The fourth-order valence-electron chi connectivity index (χ4n) is 2.36. The molecular weight excluding hydrogens is 268 g/mol. The zero-order valence-corrected chi connectivity index (χ0v) is 12.3. The number of hydrogen-bond donors (Lipinski definition) is 1. The molecule has 2 heterocycles. The van der Waals surface area contributed by atoms with E-state index in [4.69, 9.17) is 8.83 Å². The second kappa shape index (κ2) is 5.16. The summed E-state index contributed by atoms with van der Waals surface area (Å²) < 4.78 is 12.4. The third-order valence-corrected chi connectivity index (χ3v) is 3.63. The maximum Gasteiger partial charge on any atom is 0.419 e. The van der Waals surface area contributed by atoms with Crippen molar-refractivity contribution in [3.05, 3.63) is 52.4 Å². The molecule has 5 heteroatoms. The topological polar surface area (TPSA) is 60.3 Å². The molecule has 0 saturated carbocycles. The molecule has 0 fully saturated rings. The molecule has 0 aliphatic carbocycles. The quantitative estimate of drug-likeness (QED) is 0.798. The highest BCUT2D eigenvalue weighted by atomic mass is 16.4. The van der Waals surface area contributed by atoms with Crippen molar-refractivity contribution < 1.29 is 8.83 Å². The van der Waals surface area contributed by atoms with Crippen LogP contribution in [0.3, 0.4) is 0 Å². The Bertz CT molecular complexity index is 826. The molecule has 1 N–H and O–H groups in total. The lowest BCUT2D eigenvalue weighted by molar-refractivity contribution is 0.454. The minimum atomic E-state index is -0.353. The minimum absolute atomic E-state index is 0.0400. The summed E-state index contributed by atoms with van der Waals surface area (Å²) in [5.74, 6) is 1.51. The lowest BCUT2D eigenvalue weighted by Gasteiger charge is -2.12. The lowest BCUT2D eigenvalue weighted by atomic mass is 10.2. The van der Waals surface area contributed by atoms with Crippen molar-refractivity contribution in [1.29, 1.82) is 0 Å². The lowest BCUT2D eigenvalue weighted by Crippen LogP contribution is -2.08. The zero-order chi connectivity index (χ0) is 15.0. The highest BCUT2D eigenvalue weighted by Crippen LogP contribution is 2.24. The summed E-state index contributed by atoms with van der Waals surface area (Å²) in [7, 11) is 1.69. The van der Waals surface area contributed by atoms with Crippen LogP contribution >= 0.6 is 0 Å². The average Bonchev–Trinajstić information content (AvgIpc) is 3.05.